The van der Waals surface area contributed by atoms with Crippen LogP contribution < -0.4 is 15.9 Å². The van der Waals surface area contributed by atoms with Crippen molar-refractivity contribution in [3.63, 3.8) is 0 Å². The normalized spacial score (nSPS) is 10.5. The summed E-state index contributed by atoms with van der Waals surface area (Å²) in [5, 5.41) is 6.25. The molecule has 1 amide bonds. The lowest BCUT2D eigenvalue weighted by Gasteiger charge is -2.20. The minimum Gasteiger partial charge on any atom is -0.289 e. The Labute approximate surface area is 132 Å². The summed E-state index contributed by atoms with van der Waals surface area (Å²) in [5.74, 6) is -0.224. The van der Waals surface area contributed by atoms with Crippen LogP contribution >= 0.6 is 0 Å². The van der Waals surface area contributed by atoms with Gasteiger partial charge in [-0.1, -0.05) is 30.3 Å². The molecule has 0 aliphatic rings. The molecule has 1 N–H and O–H groups in total. The molecular formula is C17H16N4O2. The summed E-state index contributed by atoms with van der Waals surface area (Å²) < 4.78 is 1.52. The summed E-state index contributed by atoms with van der Waals surface area (Å²) in [6.07, 6.45) is 1.23. The second kappa shape index (κ2) is 6.31. The fourth-order valence-corrected chi connectivity index (χ4v) is 2.36. The largest absolute Gasteiger partial charge is 0.289 e. The number of hydrazine groups is 1. The molecule has 0 fully saturated rings. The number of hydrogen-bond acceptors (Lipinski definition) is 4. The van der Waals surface area contributed by atoms with E-state index in [-0.39, 0.29) is 17.9 Å². The standard InChI is InChI=1S/C17H16N4O2/c1-20(13-7-3-2-4-8-13)19-17(23)12-21-15-10-6-5-9-14(15)16(22)11-18-21/h2-11H,12H2,1H3,(H,19,23). The van der Waals surface area contributed by atoms with E-state index in [1.54, 1.807) is 30.3 Å². The average Bonchev–Trinajstić information content (AvgIpc) is 2.58. The Morgan fingerprint density at radius 3 is 2.61 bits per heavy atom. The van der Waals surface area contributed by atoms with Gasteiger partial charge in [-0.2, -0.15) is 5.10 Å². The molecule has 6 nitrogen and oxygen atoms in total. The quantitative estimate of drug-likeness (QED) is 0.743. The highest BCUT2D eigenvalue weighted by molar-refractivity contribution is 5.82. The van der Waals surface area contributed by atoms with Gasteiger partial charge in [0.15, 0.2) is 0 Å². The number of rotatable bonds is 4. The number of aromatic nitrogens is 2. The highest BCUT2D eigenvalue weighted by Crippen LogP contribution is 2.09. The Balaban J connectivity index is 1.79. The van der Waals surface area contributed by atoms with E-state index >= 15 is 0 Å². The van der Waals surface area contributed by atoms with Crippen LogP contribution in [0.1, 0.15) is 0 Å². The van der Waals surface area contributed by atoms with Gasteiger partial charge in [0.2, 0.25) is 5.43 Å². The molecule has 0 spiro atoms. The Bertz CT molecular complexity index is 890. The van der Waals surface area contributed by atoms with Crippen LogP contribution in [0.15, 0.2) is 65.6 Å². The Morgan fingerprint density at radius 1 is 1.13 bits per heavy atom. The van der Waals surface area contributed by atoms with E-state index in [4.69, 9.17) is 0 Å². The molecule has 0 unspecified atom stereocenters. The van der Waals surface area contributed by atoms with E-state index in [1.165, 1.54) is 10.9 Å². The molecule has 3 rings (SSSR count). The molecule has 3 aromatic rings. The highest BCUT2D eigenvalue weighted by Gasteiger charge is 2.10. The molecule has 0 aliphatic heterocycles. The van der Waals surface area contributed by atoms with Gasteiger partial charge in [-0.3, -0.25) is 24.7 Å². The average molecular weight is 308 g/mol. The van der Waals surface area contributed by atoms with Crippen molar-refractivity contribution in [3.05, 3.63) is 71.0 Å². The summed E-state index contributed by atoms with van der Waals surface area (Å²) in [7, 11) is 1.77. The van der Waals surface area contributed by atoms with Crippen molar-refractivity contribution >= 4 is 22.5 Å². The number of benzene rings is 2. The second-order valence-electron chi connectivity index (χ2n) is 5.11. The van der Waals surface area contributed by atoms with Crippen molar-refractivity contribution < 1.29 is 4.79 Å². The Morgan fingerprint density at radius 2 is 1.83 bits per heavy atom. The summed E-state index contributed by atoms with van der Waals surface area (Å²) in [6, 6.07) is 16.6. The van der Waals surface area contributed by atoms with Crippen LogP contribution in [0.2, 0.25) is 0 Å². The van der Waals surface area contributed by atoms with Crippen LogP contribution in [0.4, 0.5) is 5.69 Å². The van der Waals surface area contributed by atoms with Crippen molar-refractivity contribution in [2.45, 2.75) is 6.54 Å². The first-order valence-electron chi connectivity index (χ1n) is 7.18. The fraction of sp³-hybridized carbons (Fsp3) is 0.118. The van der Waals surface area contributed by atoms with Crippen LogP contribution in [-0.2, 0) is 11.3 Å². The molecule has 0 radical (unpaired) electrons. The maximum atomic E-state index is 12.2. The molecule has 0 atom stereocenters. The van der Waals surface area contributed by atoms with Crippen molar-refractivity contribution in [1.82, 2.24) is 15.2 Å². The molecule has 0 aliphatic carbocycles. The number of carbonyl (C=O) groups excluding carboxylic acids is 1. The molecule has 23 heavy (non-hydrogen) atoms. The van der Waals surface area contributed by atoms with Crippen molar-refractivity contribution in [3.8, 4) is 0 Å². The van der Waals surface area contributed by atoms with E-state index in [1.807, 2.05) is 36.4 Å². The molecule has 1 heterocycles. The summed E-state index contributed by atoms with van der Waals surface area (Å²) in [6.45, 7) is 0.0258. The zero-order valence-electron chi connectivity index (χ0n) is 12.6. The predicted octanol–water partition coefficient (Wildman–Crippen LogP) is 1.56. The lowest BCUT2D eigenvalue weighted by atomic mass is 10.2. The molecule has 0 bridgehead atoms. The Kier molecular flexibility index (Phi) is 4.05. The first-order valence-corrected chi connectivity index (χ1v) is 7.18. The van der Waals surface area contributed by atoms with E-state index in [9.17, 15) is 9.59 Å². The van der Waals surface area contributed by atoms with Crippen LogP contribution in [0.25, 0.3) is 10.9 Å². The zero-order chi connectivity index (χ0) is 16.2. The second-order valence-corrected chi connectivity index (χ2v) is 5.11. The van der Waals surface area contributed by atoms with Gasteiger partial charge in [-0.05, 0) is 24.3 Å². The van der Waals surface area contributed by atoms with Crippen molar-refractivity contribution in [2.75, 3.05) is 12.1 Å². The van der Waals surface area contributed by atoms with Gasteiger partial charge in [-0.15, -0.1) is 0 Å². The molecule has 2 aromatic carbocycles. The van der Waals surface area contributed by atoms with Crippen molar-refractivity contribution in [2.24, 2.45) is 0 Å². The topological polar surface area (TPSA) is 67.2 Å². The van der Waals surface area contributed by atoms with E-state index in [0.29, 0.717) is 10.9 Å². The number of para-hydroxylation sites is 2. The third-order valence-corrected chi connectivity index (χ3v) is 3.49. The number of anilines is 1. The number of amides is 1. The van der Waals surface area contributed by atoms with Crippen molar-refractivity contribution in [1.29, 1.82) is 0 Å². The van der Waals surface area contributed by atoms with Gasteiger partial charge in [-0.25, -0.2) is 0 Å². The maximum absolute atomic E-state index is 12.2. The lowest BCUT2D eigenvalue weighted by molar-refractivity contribution is -0.121. The molecule has 1 aromatic heterocycles. The number of nitrogens with zero attached hydrogens (tertiary/aromatic N) is 3. The summed E-state index contributed by atoms with van der Waals surface area (Å²) in [4.78, 5) is 24.0. The highest BCUT2D eigenvalue weighted by atomic mass is 16.2. The minimum atomic E-state index is -0.224. The van der Waals surface area contributed by atoms with E-state index in [0.717, 1.165) is 5.69 Å². The third-order valence-electron chi connectivity index (χ3n) is 3.49. The molecule has 6 heteroatoms. The zero-order valence-corrected chi connectivity index (χ0v) is 12.6. The Hall–Kier alpha value is -3.15. The van der Waals surface area contributed by atoms with Gasteiger partial charge in [0, 0.05) is 12.4 Å². The number of fused-ring (bicyclic) bond motifs is 1. The monoisotopic (exact) mass is 308 g/mol. The van der Waals surface area contributed by atoms with Crippen LogP contribution in [0.5, 0.6) is 0 Å². The van der Waals surface area contributed by atoms with Gasteiger partial charge in [0.1, 0.15) is 6.54 Å². The SMILES string of the molecule is CN(NC(=O)Cn1ncc(=O)c2ccccc21)c1ccccc1. The van der Waals surface area contributed by atoms with Crippen LogP contribution in [0.3, 0.4) is 0 Å². The molecule has 0 saturated heterocycles. The maximum Gasteiger partial charge on any atom is 0.260 e. The van der Waals surface area contributed by atoms with Gasteiger partial charge >= 0.3 is 0 Å². The van der Waals surface area contributed by atoms with Gasteiger partial charge in [0.05, 0.1) is 17.4 Å². The van der Waals surface area contributed by atoms with Gasteiger partial charge < -0.3 is 0 Å². The summed E-state index contributed by atoms with van der Waals surface area (Å²) in [5.41, 5.74) is 4.14. The fourth-order valence-electron chi connectivity index (χ4n) is 2.36. The number of carbonyl (C=O) groups is 1. The lowest BCUT2D eigenvalue weighted by Crippen LogP contribution is -2.41. The van der Waals surface area contributed by atoms with E-state index < -0.39 is 0 Å². The first kappa shape index (κ1) is 14.8. The van der Waals surface area contributed by atoms with Gasteiger partial charge in [0.25, 0.3) is 5.91 Å². The molecule has 116 valence electrons. The number of hydrogen-bond donors (Lipinski definition) is 1. The van der Waals surface area contributed by atoms with E-state index in [2.05, 4.69) is 10.5 Å². The third kappa shape index (κ3) is 3.21. The minimum absolute atomic E-state index is 0.0258. The van der Waals surface area contributed by atoms with Crippen LogP contribution in [0, 0.1) is 0 Å². The first-order chi connectivity index (χ1) is 11.1. The summed E-state index contributed by atoms with van der Waals surface area (Å²) >= 11 is 0. The smallest absolute Gasteiger partial charge is 0.260 e. The molecule has 0 saturated carbocycles. The van der Waals surface area contributed by atoms with Crippen LogP contribution in [-0.4, -0.2) is 22.7 Å². The predicted molar refractivity (Wildman–Crippen MR) is 89.0 cm³/mol. The number of nitrogens with one attached hydrogen (secondary N) is 1. The molecular weight excluding hydrogens is 292 g/mol.